The van der Waals surface area contributed by atoms with Crippen LogP contribution in [0.4, 0.5) is 0 Å². The van der Waals surface area contributed by atoms with Gasteiger partial charge in [-0.3, -0.25) is 0 Å². The van der Waals surface area contributed by atoms with E-state index in [4.69, 9.17) is 4.74 Å². The van der Waals surface area contributed by atoms with Crippen molar-refractivity contribution in [3.63, 3.8) is 0 Å². The molecule has 2 unspecified atom stereocenters. The second-order valence-electron chi connectivity index (χ2n) is 4.43. The molecule has 1 rings (SSSR count). The minimum absolute atomic E-state index is 0.195. The van der Waals surface area contributed by atoms with Crippen molar-refractivity contribution in [2.24, 2.45) is 0 Å². The Morgan fingerprint density at radius 2 is 1.79 bits per heavy atom. The van der Waals surface area contributed by atoms with E-state index in [9.17, 15) is 0 Å². The standard InChI is InChI=1S/C11H18BOP/c1-8(2)9-4-6-10(7-5-9)13-11(3,12)14/h4-8H,12,14H2,1-3H3. The summed E-state index contributed by atoms with van der Waals surface area (Å²) in [7, 11) is 4.69. The topological polar surface area (TPSA) is 9.23 Å². The smallest absolute Gasteiger partial charge is 0.163 e. The molecule has 0 fully saturated rings. The molecule has 0 aliphatic carbocycles. The van der Waals surface area contributed by atoms with E-state index in [1.54, 1.807) is 0 Å². The van der Waals surface area contributed by atoms with Crippen LogP contribution >= 0.6 is 9.24 Å². The zero-order valence-electron chi connectivity index (χ0n) is 9.37. The number of hydrogen-bond acceptors (Lipinski definition) is 1. The Morgan fingerprint density at radius 1 is 1.29 bits per heavy atom. The van der Waals surface area contributed by atoms with Crippen LogP contribution in [0.15, 0.2) is 24.3 Å². The van der Waals surface area contributed by atoms with Crippen LogP contribution in [0.5, 0.6) is 5.75 Å². The first kappa shape index (κ1) is 11.6. The Hall–Kier alpha value is -0.485. The first-order valence-corrected chi connectivity index (χ1v) is 5.54. The molecule has 0 bridgehead atoms. The molecule has 14 heavy (non-hydrogen) atoms. The van der Waals surface area contributed by atoms with Gasteiger partial charge in [0.15, 0.2) is 7.85 Å². The third-order valence-electron chi connectivity index (χ3n) is 1.93. The van der Waals surface area contributed by atoms with Gasteiger partial charge in [-0.25, -0.2) is 0 Å². The third-order valence-corrected chi connectivity index (χ3v) is 2.05. The van der Waals surface area contributed by atoms with Crippen molar-refractivity contribution < 1.29 is 4.74 Å². The van der Waals surface area contributed by atoms with Crippen LogP contribution in [0.3, 0.4) is 0 Å². The van der Waals surface area contributed by atoms with E-state index in [0.717, 1.165) is 5.75 Å². The normalized spacial score (nSPS) is 15.2. The van der Waals surface area contributed by atoms with Gasteiger partial charge in [0.2, 0.25) is 0 Å². The molecule has 0 aliphatic rings. The molecular formula is C11H18BOP. The van der Waals surface area contributed by atoms with Gasteiger partial charge in [0.1, 0.15) is 5.75 Å². The molecule has 76 valence electrons. The van der Waals surface area contributed by atoms with Gasteiger partial charge in [-0.15, -0.1) is 9.24 Å². The molecule has 0 radical (unpaired) electrons. The molecule has 0 spiro atoms. The van der Waals surface area contributed by atoms with Gasteiger partial charge in [-0.1, -0.05) is 26.0 Å². The fourth-order valence-corrected chi connectivity index (χ4v) is 1.36. The molecule has 3 heteroatoms. The maximum absolute atomic E-state index is 5.70. The fraction of sp³-hybridized carbons (Fsp3) is 0.455. The highest BCUT2D eigenvalue weighted by molar-refractivity contribution is 7.21. The molecule has 1 aromatic carbocycles. The van der Waals surface area contributed by atoms with E-state index < -0.39 is 0 Å². The Kier molecular flexibility index (Phi) is 3.61. The summed E-state index contributed by atoms with van der Waals surface area (Å²) in [5.74, 6) is 1.50. The molecule has 0 amide bonds. The zero-order valence-corrected chi connectivity index (χ0v) is 10.5. The predicted molar refractivity (Wildman–Crippen MR) is 67.8 cm³/mol. The molecule has 0 N–H and O–H groups in total. The van der Waals surface area contributed by atoms with Gasteiger partial charge in [0.05, 0.1) is 5.24 Å². The number of hydrogen-bond donors (Lipinski definition) is 0. The summed E-state index contributed by atoms with van der Waals surface area (Å²) >= 11 is 0. The van der Waals surface area contributed by atoms with Gasteiger partial charge in [-0.2, -0.15) is 0 Å². The van der Waals surface area contributed by atoms with Crippen LogP contribution in [0, 0.1) is 0 Å². The lowest BCUT2D eigenvalue weighted by Crippen LogP contribution is -2.23. The van der Waals surface area contributed by atoms with Crippen LogP contribution in [-0.2, 0) is 0 Å². The largest absolute Gasteiger partial charge is 0.493 e. The highest BCUT2D eigenvalue weighted by atomic mass is 31.0. The van der Waals surface area contributed by atoms with Crippen molar-refractivity contribution in [1.29, 1.82) is 0 Å². The number of benzene rings is 1. The molecule has 1 nitrogen and oxygen atoms in total. The van der Waals surface area contributed by atoms with Gasteiger partial charge in [-0.05, 0) is 30.5 Å². The molecule has 0 saturated carbocycles. The van der Waals surface area contributed by atoms with E-state index in [1.165, 1.54) is 5.56 Å². The second kappa shape index (κ2) is 4.36. The van der Waals surface area contributed by atoms with Crippen molar-refractivity contribution in [2.75, 3.05) is 0 Å². The first-order valence-electron chi connectivity index (χ1n) is 4.96. The van der Waals surface area contributed by atoms with E-state index >= 15 is 0 Å². The van der Waals surface area contributed by atoms with Crippen molar-refractivity contribution in [2.45, 2.75) is 31.9 Å². The van der Waals surface area contributed by atoms with E-state index in [1.807, 2.05) is 26.9 Å². The molecule has 2 atom stereocenters. The highest BCUT2D eigenvalue weighted by Gasteiger charge is 2.11. The summed E-state index contributed by atoms with van der Waals surface area (Å²) < 4.78 is 5.70. The molecule has 0 saturated heterocycles. The highest BCUT2D eigenvalue weighted by Crippen LogP contribution is 2.23. The maximum Gasteiger partial charge on any atom is 0.163 e. The minimum Gasteiger partial charge on any atom is -0.493 e. The van der Waals surface area contributed by atoms with E-state index in [-0.39, 0.29) is 5.24 Å². The van der Waals surface area contributed by atoms with Gasteiger partial charge in [0, 0.05) is 0 Å². The van der Waals surface area contributed by atoms with Crippen LogP contribution in [0.1, 0.15) is 32.3 Å². The second-order valence-corrected chi connectivity index (χ2v) is 5.82. The Bertz CT molecular complexity index is 287. The molecule has 0 heterocycles. The van der Waals surface area contributed by atoms with Crippen LogP contribution in [0.25, 0.3) is 0 Å². The SMILES string of the molecule is BC(C)(P)Oc1ccc(C(C)C)cc1. The van der Waals surface area contributed by atoms with Crippen LogP contribution in [0.2, 0.25) is 0 Å². The number of rotatable bonds is 3. The quantitative estimate of drug-likeness (QED) is 0.547. The average molecular weight is 208 g/mol. The summed E-state index contributed by atoms with van der Waals surface area (Å²) in [5, 5.41) is -0.195. The lowest BCUT2D eigenvalue weighted by atomic mass is 10.0. The lowest BCUT2D eigenvalue weighted by molar-refractivity contribution is 0.268. The Labute approximate surface area is 89.9 Å². The summed E-state index contributed by atoms with van der Waals surface area (Å²) in [6.45, 7) is 6.40. The lowest BCUT2D eigenvalue weighted by Gasteiger charge is -2.21. The third kappa shape index (κ3) is 3.71. The van der Waals surface area contributed by atoms with E-state index in [2.05, 4.69) is 35.2 Å². The Balaban J connectivity index is 2.74. The predicted octanol–water partition coefficient (Wildman–Crippen LogP) is 2.37. The van der Waals surface area contributed by atoms with Crippen molar-refractivity contribution in [1.82, 2.24) is 0 Å². The summed E-state index contributed by atoms with van der Waals surface area (Å²) in [6, 6.07) is 8.30. The van der Waals surface area contributed by atoms with Crippen molar-refractivity contribution >= 4 is 17.1 Å². The molecule has 0 aliphatic heterocycles. The van der Waals surface area contributed by atoms with Crippen LogP contribution in [-0.4, -0.2) is 13.1 Å². The molecular weight excluding hydrogens is 190 g/mol. The first-order chi connectivity index (χ1) is 6.38. The van der Waals surface area contributed by atoms with Gasteiger partial charge >= 0.3 is 0 Å². The summed E-state index contributed by atoms with van der Waals surface area (Å²) in [4.78, 5) is 0. The Morgan fingerprint density at radius 3 is 2.14 bits per heavy atom. The maximum atomic E-state index is 5.70. The van der Waals surface area contributed by atoms with Gasteiger partial charge < -0.3 is 4.74 Å². The molecule has 1 aromatic rings. The fourth-order valence-electron chi connectivity index (χ4n) is 1.22. The van der Waals surface area contributed by atoms with Crippen molar-refractivity contribution in [3.8, 4) is 5.75 Å². The minimum atomic E-state index is -0.195. The zero-order chi connectivity index (χ0) is 10.8. The summed E-state index contributed by atoms with van der Waals surface area (Å²) in [5.41, 5.74) is 1.35. The average Bonchev–Trinajstić information content (AvgIpc) is 2.02. The van der Waals surface area contributed by atoms with E-state index in [0.29, 0.717) is 5.92 Å². The van der Waals surface area contributed by atoms with Gasteiger partial charge in [0.25, 0.3) is 0 Å². The van der Waals surface area contributed by atoms with Crippen molar-refractivity contribution in [3.05, 3.63) is 29.8 Å². The number of ether oxygens (including phenoxy) is 1. The molecule has 0 aromatic heterocycles. The summed E-state index contributed by atoms with van der Waals surface area (Å²) in [6.07, 6.45) is 0. The monoisotopic (exact) mass is 208 g/mol. The van der Waals surface area contributed by atoms with Crippen LogP contribution < -0.4 is 4.74 Å².